The van der Waals surface area contributed by atoms with Crippen LogP contribution in [-0.4, -0.2) is 10.2 Å². The Morgan fingerprint density at radius 1 is 0.947 bits per heavy atom. The Morgan fingerprint density at radius 3 is 2.42 bits per heavy atom. The number of nitrogens with zero attached hydrogens (tertiary/aromatic N) is 2. The van der Waals surface area contributed by atoms with Crippen LogP contribution in [0.3, 0.4) is 0 Å². The van der Waals surface area contributed by atoms with Gasteiger partial charge < -0.3 is 4.42 Å². The molecule has 19 heavy (non-hydrogen) atoms. The van der Waals surface area contributed by atoms with E-state index in [4.69, 9.17) is 4.42 Å². The van der Waals surface area contributed by atoms with Gasteiger partial charge >= 0.3 is 0 Å². The van der Waals surface area contributed by atoms with E-state index in [9.17, 15) is 4.39 Å². The predicted octanol–water partition coefficient (Wildman–Crippen LogP) is 4.31. The molecular weight excluding hydrogens is 311 g/mol. The zero-order valence-corrected chi connectivity index (χ0v) is 11.3. The maximum absolute atomic E-state index is 13.0. The van der Waals surface area contributed by atoms with E-state index in [1.165, 1.54) is 12.1 Å². The van der Waals surface area contributed by atoms with Gasteiger partial charge in [-0.05, 0) is 46.3 Å². The van der Waals surface area contributed by atoms with Gasteiger partial charge in [0.2, 0.25) is 11.8 Å². The highest BCUT2D eigenvalue weighted by molar-refractivity contribution is 9.10. The third-order valence-corrected chi connectivity index (χ3v) is 3.26. The monoisotopic (exact) mass is 318 g/mol. The maximum atomic E-state index is 13.0. The first-order valence-electron chi connectivity index (χ1n) is 5.58. The molecule has 0 aliphatic carbocycles. The Balaban J connectivity index is 2.02. The van der Waals surface area contributed by atoms with Gasteiger partial charge in [0.15, 0.2) is 0 Å². The van der Waals surface area contributed by atoms with Crippen LogP contribution in [0.2, 0.25) is 0 Å². The zero-order chi connectivity index (χ0) is 13.2. The second-order valence-corrected chi connectivity index (χ2v) is 4.76. The molecule has 0 bridgehead atoms. The average molecular weight is 319 g/mol. The normalized spacial score (nSPS) is 10.6. The molecule has 0 saturated carbocycles. The third kappa shape index (κ3) is 2.42. The van der Waals surface area contributed by atoms with Crippen LogP contribution in [0.4, 0.5) is 4.39 Å². The molecule has 3 nitrogen and oxygen atoms in total. The van der Waals surface area contributed by atoms with Crippen LogP contribution >= 0.6 is 15.9 Å². The summed E-state index contributed by atoms with van der Waals surface area (Å²) in [4.78, 5) is 0. The van der Waals surface area contributed by atoms with Crippen molar-refractivity contribution in [3.8, 4) is 22.9 Å². The lowest BCUT2D eigenvalue weighted by Gasteiger charge is -1.98. The van der Waals surface area contributed by atoms with Crippen LogP contribution in [0.25, 0.3) is 22.9 Å². The Hall–Kier alpha value is -2.01. The number of aromatic nitrogens is 2. The molecule has 3 aromatic rings. The van der Waals surface area contributed by atoms with Crippen molar-refractivity contribution in [3.63, 3.8) is 0 Å². The smallest absolute Gasteiger partial charge is 0.249 e. The van der Waals surface area contributed by atoms with Gasteiger partial charge in [0.25, 0.3) is 0 Å². The molecule has 3 rings (SSSR count). The van der Waals surface area contributed by atoms with E-state index >= 15 is 0 Å². The standard InChI is InChI=1S/C14H8BrFN2O/c15-12-8-10(16)6-7-11(12)14-18-17-13(19-14)9-4-2-1-3-5-9/h1-8H. The molecule has 1 heterocycles. The molecule has 0 amide bonds. The first-order chi connectivity index (χ1) is 9.24. The van der Waals surface area contributed by atoms with Gasteiger partial charge in [-0.3, -0.25) is 0 Å². The molecule has 0 fully saturated rings. The van der Waals surface area contributed by atoms with Crippen molar-refractivity contribution in [2.75, 3.05) is 0 Å². The van der Waals surface area contributed by atoms with E-state index in [0.29, 0.717) is 21.8 Å². The first-order valence-corrected chi connectivity index (χ1v) is 6.38. The van der Waals surface area contributed by atoms with Gasteiger partial charge in [-0.1, -0.05) is 18.2 Å². The number of hydrogen-bond donors (Lipinski definition) is 0. The van der Waals surface area contributed by atoms with E-state index in [0.717, 1.165) is 5.56 Å². The second-order valence-electron chi connectivity index (χ2n) is 3.90. The predicted molar refractivity (Wildman–Crippen MR) is 72.8 cm³/mol. The van der Waals surface area contributed by atoms with Gasteiger partial charge in [0.1, 0.15) is 5.82 Å². The largest absolute Gasteiger partial charge is 0.416 e. The van der Waals surface area contributed by atoms with E-state index in [-0.39, 0.29) is 5.82 Å². The van der Waals surface area contributed by atoms with Crippen molar-refractivity contribution in [2.24, 2.45) is 0 Å². The summed E-state index contributed by atoms with van der Waals surface area (Å²) in [5.41, 5.74) is 1.51. The van der Waals surface area contributed by atoms with Crippen molar-refractivity contribution in [1.82, 2.24) is 10.2 Å². The molecular formula is C14H8BrFN2O. The summed E-state index contributed by atoms with van der Waals surface area (Å²) in [6.45, 7) is 0. The number of benzene rings is 2. The third-order valence-electron chi connectivity index (χ3n) is 2.61. The summed E-state index contributed by atoms with van der Waals surface area (Å²) >= 11 is 3.28. The molecule has 2 aromatic carbocycles. The molecule has 5 heteroatoms. The highest BCUT2D eigenvalue weighted by atomic mass is 79.9. The van der Waals surface area contributed by atoms with Crippen LogP contribution in [0.5, 0.6) is 0 Å². The lowest BCUT2D eigenvalue weighted by atomic mass is 10.2. The molecule has 0 saturated heterocycles. The SMILES string of the molecule is Fc1ccc(-c2nnc(-c3ccccc3)o2)c(Br)c1. The van der Waals surface area contributed by atoms with Crippen LogP contribution in [-0.2, 0) is 0 Å². The van der Waals surface area contributed by atoms with Gasteiger partial charge in [0.05, 0.1) is 5.56 Å². The first kappa shape index (κ1) is 12.0. The summed E-state index contributed by atoms with van der Waals surface area (Å²) in [7, 11) is 0. The summed E-state index contributed by atoms with van der Waals surface area (Å²) in [5.74, 6) is 0.468. The fourth-order valence-corrected chi connectivity index (χ4v) is 2.21. The quantitative estimate of drug-likeness (QED) is 0.707. The van der Waals surface area contributed by atoms with Crippen molar-refractivity contribution < 1.29 is 8.81 Å². The Bertz CT molecular complexity index is 712. The number of halogens is 2. The highest BCUT2D eigenvalue weighted by Crippen LogP contribution is 2.29. The molecule has 0 aliphatic rings. The van der Waals surface area contributed by atoms with Crippen molar-refractivity contribution >= 4 is 15.9 Å². The van der Waals surface area contributed by atoms with Gasteiger partial charge in [-0.15, -0.1) is 10.2 Å². The van der Waals surface area contributed by atoms with Gasteiger partial charge in [-0.2, -0.15) is 0 Å². The summed E-state index contributed by atoms with van der Waals surface area (Å²) in [6, 6.07) is 13.8. The topological polar surface area (TPSA) is 38.9 Å². The fraction of sp³-hybridized carbons (Fsp3) is 0. The van der Waals surface area contributed by atoms with Gasteiger partial charge in [-0.25, -0.2) is 4.39 Å². The molecule has 0 N–H and O–H groups in total. The minimum absolute atomic E-state index is 0.321. The molecule has 94 valence electrons. The Kier molecular flexibility index (Phi) is 3.13. The highest BCUT2D eigenvalue weighted by Gasteiger charge is 2.13. The van der Waals surface area contributed by atoms with Crippen LogP contribution < -0.4 is 0 Å². The zero-order valence-electron chi connectivity index (χ0n) is 9.68. The Labute approximate surface area is 117 Å². The van der Waals surface area contributed by atoms with E-state index in [2.05, 4.69) is 26.1 Å². The molecule has 0 aliphatic heterocycles. The van der Waals surface area contributed by atoms with Crippen LogP contribution in [0.1, 0.15) is 0 Å². The second kappa shape index (κ2) is 4.93. The Morgan fingerprint density at radius 2 is 1.68 bits per heavy atom. The molecule has 0 radical (unpaired) electrons. The summed E-state index contributed by atoms with van der Waals surface area (Å²) in [5, 5.41) is 7.98. The van der Waals surface area contributed by atoms with Crippen molar-refractivity contribution in [2.45, 2.75) is 0 Å². The minimum atomic E-state index is -0.321. The van der Waals surface area contributed by atoms with Crippen LogP contribution in [0.15, 0.2) is 57.4 Å². The van der Waals surface area contributed by atoms with Gasteiger partial charge in [0, 0.05) is 10.0 Å². The molecule has 1 aromatic heterocycles. The number of rotatable bonds is 2. The lowest BCUT2D eigenvalue weighted by molar-refractivity contribution is 0.583. The summed E-state index contributed by atoms with van der Waals surface area (Å²) in [6.07, 6.45) is 0. The summed E-state index contributed by atoms with van der Waals surface area (Å²) < 4.78 is 19.2. The lowest BCUT2D eigenvalue weighted by Crippen LogP contribution is -1.82. The van der Waals surface area contributed by atoms with Crippen LogP contribution in [0, 0.1) is 5.82 Å². The molecule has 0 unspecified atom stereocenters. The fourth-order valence-electron chi connectivity index (χ4n) is 1.69. The molecule has 0 atom stereocenters. The molecule has 0 spiro atoms. The number of hydrogen-bond acceptors (Lipinski definition) is 3. The minimum Gasteiger partial charge on any atom is -0.416 e. The average Bonchev–Trinajstić information content (AvgIpc) is 2.89. The maximum Gasteiger partial charge on any atom is 0.249 e. The van der Waals surface area contributed by atoms with E-state index in [1.54, 1.807) is 6.07 Å². The van der Waals surface area contributed by atoms with E-state index in [1.807, 2.05) is 30.3 Å². The van der Waals surface area contributed by atoms with Crippen molar-refractivity contribution in [1.29, 1.82) is 0 Å². The van der Waals surface area contributed by atoms with E-state index < -0.39 is 0 Å². The van der Waals surface area contributed by atoms with Crippen molar-refractivity contribution in [3.05, 3.63) is 58.8 Å².